The van der Waals surface area contributed by atoms with Crippen molar-refractivity contribution in [2.45, 2.75) is 58.4 Å². The maximum Gasteiger partial charge on any atom is 0.225 e. The van der Waals surface area contributed by atoms with Crippen LogP contribution in [-0.4, -0.2) is 29.3 Å². The van der Waals surface area contributed by atoms with Gasteiger partial charge in [0.2, 0.25) is 5.91 Å². The van der Waals surface area contributed by atoms with Crippen molar-refractivity contribution in [3.05, 3.63) is 0 Å². The quantitative estimate of drug-likeness (QED) is 0.657. The molecule has 94 valence electrons. The minimum Gasteiger partial charge on any atom is -0.338 e. The Labute approximate surface area is 104 Å². The van der Waals surface area contributed by atoms with Crippen molar-refractivity contribution in [3.63, 3.8) is 0 Å². The van der Waals surface area contributed by atoms with Crippen LogP contribution in [0.4, 0.5) is 0 Å². The van der Waals surface area contributed by atoms with Gasteiger partial charge in [0.25, 0.3) is 0 Å². The number of nitrogens with zero attached hydrogens (tertiary/aromatic N) is 1. The summed E-state index contributed by atoms with van der Waals surface area (Å²) in [5.41, 5.74) is 0. The first-order valence-electron chi connectivity index (χ1n) is 6.61. The van der Waals surface area contributed by atoms with Gasteiger partial charge in [0.15, 0.2) is 0 Å². The van der Waals surface area contributed by atoms with Gasteiger partial charge in [-0.25, -0.2) is 0 Å². The third-order valence-electron chi connectivity index (χ3n) is 3.71. The molecule has 0 saturated heterocycles. The van der Waals surface area contributed by atoms with E-state index in [-0.39, 0.29) is 5.92 Å². The molecule has 0 aromatic heterocycles. The molecule has 1 fully saturated rings. The minimum atomic E-state index is 0.198. The first kappa shape index (κ1) is 13.8. The van der Waals surface area contributed by atoms with Crippen LogP contribution < -0.4 is 0 Å². The summed E-state index contributed by atoms with van der Waals surface area (Å²) in [5, 5.41) is 0. The van der Waals surface area contributed by atoms with Crippen LogP contribution in [0, 0.1) is 5.92 Å². The van der Waals surface area contributed by atoms with E-state index in [9.17, 15) is 4.79 Å². The van der Waals surface area contributed by atoms with E-state index in [0.29, 0.717) is 17.8 Å². The van der Waals surface area contributed by atoms with E-state index in [4.69, 9.17) is 11.6 Å². The lowest BCUT2D eigenvalue weighted by Crippen LogP contribution is -2.43. The molecular formula is C13H24ClNO. The summed E-state index contributed by atoms with van der Waals surface area (Å²) in [6.07, 6.45) is 6.76. The van der Waals surface area contributed by atoms with Crippen molar-refractivity contribution in [2.75, 3.05) is 12.4 Å². The Morgan fingerprint density at radius 1 is 1.31 bits per heavy atom. The number of rotatable bonds is 6. The molecule has 0 bridgehead atoms. The molecule has 1 aliphatic rings. The predicted octanol–water partition coefficient (Wildman–Crippen LogP) is 3.43. The Balaban J connectivity index is 2.63. The van der Waals surface area contributed by atoms with Crippen molar-refractivity contribution >= 4 is 17.5 Å². The Kier molecular flexibility index (Phi) is 6.18. The number of halogens is 1. The first-order valence-corrected chi connectivity index (χ1v) is 7.14. The first-order chi connectivity index (χ1) is 7.74. The molecular weight excluding hydrogens is 222 g/mol. The molecule has 2 nitrogen and oxygen atoms in total. The van der Waals surface area contributed by atoms with Crippen LogP contribution in [-0.2, 0) is 4.79 Å². The summed E-state index contributed by atoms with van der Waals surface area (Å²) in [5.74, 6) is 1.09. The fourth-order valence-corrected chi connectivity index (χ4v) is 2.83. The van der Waals surface area contributed by atoms with E-state index < -0.39 is 0 Å². The van der Waals surface area contributed by atoms with E-state index >= 15 is 0 Å². The van der Waals surface area contributed by atoms with Crippen molar-refractivity contribution < 1.29 is 4.79 Å². The van der Waals surface area contributed by atoms with E-state index in [0.717, 1.165) is 19.4 Å². The predicted molar refractivity (Wildman–Crippen MR) is 68.8 cm³/mol. The highest BCUT2D eigenvalue weighted by Gasteiger charge is 2.29. The summed E-state index contributed by atoms with van der Waals surface area (Å²) in [4.78, 5) is 14.4. The highest BCUT2D eigenvalue weighted by molar-refractivity contribution is 6.18. The molecule has 0 spiro atoms. The third kappa shape index (κ3) is 3.38. The second-order valence-corrected chi connectivity index (χ2v) is 5.05. The molecule has 0 radical (unpaired) electrons. The molecule has 1 amide bonds. The van der Waals surface area contributed by atoms with E-state index in [1.165, 1.54) is 25.7 Å². The molecule has 0 atom stereocenters. The number of carbonyl (C=O) groups excluding carboxylic acids is 1. The van der Waals surface area contributed by atoms with Gasteiger partial charge in [0, 0.05) is 24.4 Å². The maximum atomic E-state index is 12.3. The molecule has 1 rings (SSSR count). The van der Waals surface area contributed by atoms with Gasteiger partial charge >= 0.3 is 0 Å². The van der Waals surface area contributed by atoms with Crippen LogP contribution in [0.5, 0.6) is 0 Å². The van der Waals surface area contributed by atoms with Gasteiger partial charge in [-0.3, -0.25) is 4.79 Å². The molecule has 1 saturated carbocycles. The normalized spacial score (nSPS) is 17.0. The fourth-order valence-electron chi connectivity index (χ4n) is 2.65. The van der Waals surface area contributed by atoms with E-state index in [1.54, 1.807) is 0 Å². The molecule has 0 aromatic rings. The van der Waals surface area contributed by atoms with Gasteiger partial charge in [-0.15, -0.1) is 11.6 Å². The van der Waals surface area contributed by atoms with Crippen LogP contribution in [0.1, 0.15) is 52.4 Å². The molecule has 0 unspecified atom stereocenters. The number of carbonyl (C=O) groups is 1. The lowest BCUT2D eigenvalue weighted by Gasteiger charge is -2.31. The summed E-state index contributed by atoms with van der Waals surface area (Å²) in [6.45, 7) is 4.92. The van der Waals surface area contributed by atoms with Crippen LogP contribution in [0.15, 0.2) is 0 Å². The number of hydrogen-bond donors (Lipinski definition) is 0. The zero-order chi connectivity index (χ0) is 12.0. The zero-order valence-corrected chi connectivity index (χ0v) is 11.3. The second-order valence-electron chi connectivity index (χ2n) is 4.67. The Morgan fingerprint density at radius 2 is 1.88 bits per heavy atom. The van der Waals surface area contributed by atoms with Crippen LogP contribution in [0.2, 0.25) is 0 Å². The second kappa shape index (κ2) is 7.16. The maximum absolute atomic E-state index is 12.3. The lowest BCUT2D eigenvalue weighted by atomic mass is 10.0. The molecule has 1 aliphatic carbocycles. The summed E-state index contributed by atoms with van der Waals surface area (Å²) < 4.78 is 0. The van der Waals surface area contributed by atoms with Crippen LogP contribution >= 0.6 is 11.6 Å². The molecule has 3 heteroatoms. The van der Waals surface area contributed by atoms with Crippen molar-refractivity contribution in [2.24, 2.45) is 5.92 Å². The number of alkyl halides is 1. The lowest BCUT2D eigenvalue weighted by molar-refractivity contribution is -0.137. The summed E-state index contributed by atoms with van der Waals surface area (Å²) in [6, 6.07) is 0.465. The van der Waals surface area contributed by atoms with Crippen molar-refractivity contribution in [1.82, 2.24) is 4.90 Å². The highest BCUT2D eigenvalue weighted by Crippen LogP contribution is 2.26. The molecule has 16 heavy (non-hydrogen) atoms. The Morgan fingerprint density at radius 3 is 2.31 bits per heavy atom. The monoisotopic (exact) mass is 245 g/mol. The van der Waals surface area contributed by atoms with Gasteiger partial charge in [0.05, 0.1) is 0 Å². The largest absolute Gasteiger partial charge is 0.338 e. The third-order valence-corrected chi connectivity index (χ3v) is 3.88. The average molecular weight is 246 g/mol. The number of amides is 1. The van der Waals surface area contributed by atoms with Gasteiger partial charge in [-0.05, 0) is 25.7 Å². The zero-order valence-electron chi connectivity index (χ0n) is 10.5. The molecule has 0 heterocycles. The van der Waals surface area contributed by atoms with Crippen LogP contribution in [0.3, 0.4) is 0 Å². The van der Waals surface area contributed by atoms with E-state index in [2.05, 4.69) is 18.7 Å². The summed E-state index contributed by atoms with van der Waals surface area (Å²) in [7, 11) is 0. The standard InChI is InChI=1S/C13H24ClNO/c1-3-11(4-2)13(16)15(10-9-14)12-7-5-6-8-12/h11-12H,3-10H2,1-2H3. The van der Waals surface area contributed by atoms with Crippen molar-refractivity contribution in [1.29, 1.82) is 0 Å². The van der Waals surface area contributed by atoms with Crippen molar-refractivity contribution in [3.8, 4) is 0 Å². The average Bonchev–Trinajstić information content (AvgIpc) is 2.80. The molecule has 0 aliphatic heterocycles. The fraction of sp³-hybridized carbons (Fsp3) is 0.923. The van der Waals surface area contributed by atoms with Crippen LogP contribution in [0.25, 0.3) is 0 Å². The number of hydrogen-bond acceptors (Lipinski definition) is 1. The highest BCUT2D eigenvalue weighted by atomic mass is 35.5. The van der Waals surface area contributed by atoms with E-state index in [1.807, 2.05) is 0 Å². The van der Waals surface area contributed by atoms with Gasteiger partial charge < -0.3 is 4.90 Å². The SMILES string of the molecule is CCC(CC)C(=O)N(CCCl)C1CCCC1. The topological polar surface area (TPSA) is 20.3 Å². The molecule has 0 N–H and O–H groups in total. The van der Waals surface area contributed by atoms with Gasteiger partial charge in [-0.1, -0.05) is 26.7 Å². The van der Waals surface area contributed by atoms with Gasteiger partial charge in [-0.2, -0.15) is 0 Å². The minimum absolute atomic E-state index is 0.198. The Hall–Kier alpha value is -0.240. The smallest absolute Gasteiger partial charge is 0.225 e. The molecule has 0 aromatic carbocycles. The Bertz CT molecular complexity index is 210. The van der Waals surface area contributed by atoms with Gasteiger partial charge in [0.1, 0.15) is 0 Å². The summed E-state index contributed by atoms with van der Waals surface area (Å²) >= 11 is 5.82.